The third kappa shape index (κ3) is 3.15. The van der Waals surface area contributed by atoms with E-state index in [1.165, 1.54) is 12.8 Å². The molecule has 19 heavy (non-hydrogen) atoms. The van der Waals surface area contributed by atoms with Crippen LogP contribution in [0.2, 0.25) is 0 Å². The van der Waals surface area contributed by atoms with Crippen molar-refractivity contribution in [1.29, 1.82) is 0 Å². The highest BCUT2D eigenvalue weighted by Crippen LogP contribution is 2.38. The fourth-order valence-electron chi connectivity index (χ4n) is 3.15. The maximum Gasteiger partial charge on any atom is 0.126 e. The molecule has 1 aliphatic heterocycles. The smallest absolute Gasteiger partial charge is 0.126 e. The van der Waals surface area contributed by atoms with Gasteiger partial charge in [0.1, 0.15) is 5.82 Å². The number of hydrogen-bond donors (Lipinski definition) is 1. The van der Waals surface area contributed by atoms with E-state index in [1.54, 1.807) is 12.1 Å². The third-order valence-electron chi connectivity index (χ3n) is 4.43. The van der Waals surface area contributed by atoms with Gasteiger partial charge >= 0.3 is 0 Å². The minimum atomic E-state index is -0.0494. The Bertz CT molecular complexity index is 411. The number of halogens is 1. The normalized spacial score (nSPS) is 30.9. The lowest BCUT2D eigenvalue weighted by Crippen LogP contribution is -2.43. The molecule has 2 nitrogen and oxygen atoms in total. The van der Waals surface area contributed by atoms with E-state index in [2.05, 4.69) is 5.32 Å². The van der Waals surface area contributed by atoms with Crippen LogP contribution in [0.4, 0.5) is 4.39 Å². The summed E-state index contributed by atoms with van der Waals surface area (Å²) in [7, 11) is 0. The van der Waals surface area contributed by atoms with E-state index in [0.717, 1.165) is 38.2 Å². The average molecular weight is 263 g/mol. The Morgan fingerprint density at radius 1 is 1.26 bits per heavy atom. The van der Waals surface area contributed by atoms with Gasteiger partial charge in [-0.15, -0.1) is 0 Å². The van der Waals surface area contributed by atoms with E-state index in [4.69, 9.17) is 4.74 Å². The second-order valence-electron chi connectivity index (χ2n) is 5.88. The summed E-state index contributed by atoms with van der Waals surface area (Å²) < 4.78 is 19.1. The van der Waals surface area contributed by atoms with E-state index >= 15 is 0 Å². The first-order valence-electron chi connectivity index (χ1n) is 7.38. The Kier molecular flexibility index (Phi) is 4.14. The highest BCUT2D eigenvalue weighted by Gasteiger charge is 2.31. The van der Waals surface area contributed by atoms with Gasteiger partial charge in [-0.2, -0.15) is 0 Å². The zero-order valence-electron chi connectivity index (χ0n) is 11.3. The van der Waals surface area contributed by atoms with Crippen LogP contribution >= 0.6 is 0 Å². The van der Waals surface area contributed by atoms with Gasteiger partial charge in [-0.05, 0) is 49.1 Å². The Hall–Kier alpha value is -0.930. The number of rotatable bonds is 4. The first kappa shape index (κ1) is 13.1. The molecule has 0 bridgehead atoms. The summed E-state index contributed by atoms with van der Waals surface area (Å²) in [6.07, 6.45) is 4.59. The van der Waals surface area contributed by atoms with E-state index in [-0.39, 0.29) is 5.82 Å². The summed E-state index contributed by atoms with van der Waals surface area (Å²) >= 11 is 0. The van der Waals surface area contributed by atoms with Crippen molar-refractivity contribution in [3.8, 4) is 0 Å². The molecule has 2 fully saturated rings. The van der Waals surface area contributed by atoms with Crippen molar-refractivity contribution in [2.75, 3.05) is 19.8 Å². The van der Waals surface area contributed by atoms with Gasteiger partial charge in [-0.1, -0.05) is 18.2 Å². The summed E-state index contributed by atoms with van der Waals surface area (Å²) in [5.74, 6) is 1.02. The lowest BCUT2D eigenvalue weighted by atomic mass is 9.75. The maximum absolute atomic E-state index is 13.6. The Morgan fingerprint density at radius 2 is 2.11 bits per heavy atom. The summed E-state index contributed by atoms with van der Waals surface area (Å²) in [5.41, 5.74) is 0.890. The predicted molar refractivity (Wildman–Crippen MR) is 73.7 cm³/mol. The van der Waals surface area contributed by atoms with Crippen LogP contribution < -0.4 is 5.32 Å². The molecule has 0 amide bonds. The lowest BCUT2D eigenvalue weighted by Gasteiger charge is -2.37. The molecule has 1 heterocycles. The van der Waals surface area contributed by atoms with Crippen LogP contribution in [0, 0.1) is 11.7 Å². The summed E-state index contributed by atoms with van der Waals surface area (Å²) in [6.45, 7) is 2.88. The molecule has 3 rings (SSSR count). The van der Waals surface area contributed by atoms with Crippen molar-refractivity contribution in [2.45, 2.75) is 37.6 Å². The number of hydrogen-bond acceptors (Lipinski definition) is 2. The van der Waals surface area contributed by atoms with Gasteiger partial charge in [-0.3, -0.25) is 0 Å². The number of benzene rings is 1. The van der Waals surface area contributed by atoms with E-state index in [0.29, 0.717) is 17.9 Å². The van der Waals surface area contributed by atoms with Crippen LogP contribution in [-0.2, 0) is 4.74 Å². The van der Waals surface area contributed by atoms with E-state index < -0.39 is 0 Å². The largest absolute Gasteiger partial charge is 0.381 e. The Balaban J connectivity index is 1.42. The SMILES string of the molecule is Fc1ccccc1C1CC(NCC2CCCOC2)C1. The predicted octanol–water partition coefficient (Wildman–Crippen LogP) is 3.09. The van der Waals surface area contributed by atoms with Crippen molar-refractivity contribution in [3.05, 3.63) is 35.6 Å². The van der Waals surface area contributed by atoms with Gasteiger partial charge < -0.3 is 10.1 Å². The van der Waals surface area contributed by atoms with Crippen molar-refractivity contribution in [2.24, 2.45) is 5.92 Å². The number of nitrogens with one attached hydrogen (secondary N) is 1. The zero-order valence-corrected chi connectivity index (χ0v) is 11.3. The van der Waals surface area contributed by atoms with Crippen LogP contribution in [0.5, 0.6) is 0 Å². The van der Waals surface area contributed by atoms with Crippen LogP contribution in [0.3, 0.4) is 0 Å². The minimum Gasteiger partial charge on any atom is -0.381 e. The fraction of sp³-hybridized carbons (Fsp3) is 0.625. The van der Waals surface area contributed by atoms with Crippen molar-refractivity contribution in [3.63, 3.8) is 0 Å². The van der Waals surface area contributed by atoms with Crippen molar-refractivity contribution in [1.82, 2.24) is 5.32 Å². The highest BCUT2D eigenvalue weighted by atomic mass is 19.1. The van der Waals surface area contributed by atoms with Crippen LogP contribution in [0.25, 0.3) is 0 Å². The van der Waals surface area contributed by atoms with Gasteiger partial charge in [0, 0.05) is 19.2 Å². The van der Waals surface area contributed by atoms with Gasteiger partial charge in [-0.25, -0.2) is 4.39 Å². The molecule has 2 aliphatic rings. The molecule has 0 aromatic heterocycles. The van der Waals surface area contributed by atoms with Crippen molar-refractivity contribution >= 4 is 0 Å². The molecule has 1 aliphatic carbocycles. The van der Waals surface area contributed by atoms with Gasteiger partial charge in [0.25, 0.3) is 0 Å². The van der Waals surface area contributed by atoms with E-state index in [1.807, 2.05) is 12.1 Å². The molecule has 1 aromatic rings. The second-order valence-corrected chi connectivity index (χ2v) is 5.88. The molecule has 1 saturated heterocycles. The molecular formula is C16H22FNO. The Labute approximate surface area is 114 Å². The lowest BCUT2D eigenvalue weighted by molar-refractivity contribution is 0.0521. The standard InChI is InChI=1S/C16H22FNO/c17-16-6-2-1-5-15(16)13-8-14(9-13)18-10-12-4-3-7-19-11-12/h1-2,5-6,12-14,18H,3-4,7-11H2. The summed E-state index contributed by atoms with van der Waals surface area (Å²) in [5, 5.41) is 3.61. The van der Waals surface area contributed by atoms with Crippen LogP contribution in [0.15, 0.2) is 24.3 Å². The number of ether oxygens (including phenoxy) is 1. The molecule has 1 saturated carbocycles. The molecule has 1 aromatic carbocycles. The van der Waals surface area contributed by atoms with Crippen molar-refractivity contribution < 1.29 is 9.13 Å². The molecule has 0 spiro atoms. The first-order valence-corrected chi connectivity index (χ1v) is 7.38. The van der Waals surface area contributed by atoms with Crippen LogP contribution in [-0.4, -0.2) is 25.8 Å². The first-order chi connectivity index (χ1) is 9.33. The molecule has 1 atom stereocenters. The fourth-order valence-corrected chi connectivity index (χ4v) is 3.15. The van der Waals surface area contributed by atoms with Gasteiger partial charge in [0.2, 0.25) is 0 Å². The molecular weight excluding hydrogens is 241 g/mol. The maximum atomic E-state index is 13.6. The topological polar surface area (TPSA) is 21.3 Å². The molecule has 0 radical (unpaired) electrons. The highest BCUT2D eigenvalue weighted by molar-refractivity contribution is 5.24. The average Bonchev–Trinajstić information content (AvgIpc) is 2.40. The monoisotopic (exact) mass is 263 g/mol. The molecule has 104 valence electrons. The molecule has 1 N–H and O–H groups in total. The molecule has 3 heteroatoms. The Morgan fingerprint density at radius 3 is 2.84 bits per heavy atom. The quantitative estimate of drug-likeness (QED) is 0.901. The van der Waals surface area contributed by atoms with Crippen LogP contribution in [0.1, 0.15) is 37.2 Å². The second kappa shape index (κ2) is 6.02. The minimum absolute atomic E-state index is 0.0494. The summed E-state index contributed by atoms with van der Waals surface area (Å²) in [6, 6.07) is 7.74. The summed E-state index contributed by atoms with van der Waals surface area (Å²) in [4.78, 5) is 0. The molecule has 1 unspecified atom stereocenters. The third-order valence-corrected chi connectivity index (χ3v) is 4.43. The zero-order chi connectivity index (χ0) is 13.1. The van der Waals surface area contributed by atoms with E-state index in [9.17, 15) is 4.39 Å². The van der Waals surface area contributed by atoms with Gasteiger partial charge in [0.05, 0.1) is 6.61 Å². The van der Waals surface area contributed by atoms with Gasteiger partial charge in [0.15, 0.2) is 0 Å².